The van der Waals surface area contributed by atoms with E-state index in [-0.39, 0.29) is 23.8 Å². The lowest BCUT2D eigenvalue weighted by atomic mass is 9.95. The molecule has 0 saturated carbocycles. The van der Waals surface area contributed by atoms with Gasteiger partial charge in [-0.1, -0.05) is 13.3 Å². The highest BCUT2D eigenvalue weighted by Gasteiger charge is 2.28. The second-order valence-electron chi connectivity index (χ2n) is 4.61. The van der Waals surface area contributed by atoms with Crippen molar-refractivity contribution in [3.8, 4) is 0 Å². The molecule has 0 radical (unpaired) electrons. The maximum atomic E-state index is 11.9. The first kappa shape index (κ1) is 14.0. The van der Waals surface area contributed by atoms with Gasteiger partial charge in [0.1, 0.15) is 0 Å². The van der Waals surface area contributed by atoms with Gasteiger partial charge >= 0.3 is 0 Å². The molecule has 1 rings (SSSR count). The van der Waals surface area contributed by atoms with Crippen molar-refractivity contribution >= 4 is 11.8 Å². The van der Waals surface area contributed by atoms with Crippen molar-refractivity contribution in [2.45, 2.75) is 38.6 Å². The molecule has 0 bridgehead atoms. The standard InChI is InChI=1S/C12H23N3O2/c1-3-4-10(13)12(17)15-7-5-9(6-8-15)11(16)14-2/h9-10H,3-8,13H2,1-2H3,(H,14,16). The number of nitrogens with two attached hydrogens (primary N) is 1. The number of hydrogen-bond donors (Lipinski definition) is 2. The van der Waals surface area contributed by atoms with E-state index in [1.807, 2.05) is 6.92 Å². The van der Waals surface area contributed by atoms with Gasteiger partial charge in [0.25, 0.3) is 0 Å². The summed E-state index contributed by atoms with van der Waals surface area (Å²) in [6.45, 7) is 3.31. The fourth-order valence-corrected chi connectivity index (χ4v) is 2.24. The van der Waals surface area contributed by atoms with E-state index >= 15 is 0 Å². The van der Waals surface area contributed by atoms with Gasteiger partial charge in [-0.25, -0.2) is 0 Å². The van der Waals surface area contributed by atoms with Gasteiger partial charge < -0.3 is 16.0 Å². The molecular formula is C12H23N3O2. The van der Waals surface area contributed by atoms with Crippen LogP contribution >= 0.6 is 0 Å². The molecule has 2 amide bonds. The molecule has 1 saturated heterocycles. The molecule has 17 heavy (non-hydrogen) atoms. The zero-order chi connectivity index (χ0) is 12.8. The van der Waals surface area contributed by atoms with Gasteiger partial charge in [0.05, 0.1) is 6.04 Å². The Morgan fingerprint density at radius 1 is 1.41 bits per heavy atom. The lowest BCUT2D eigenvalue weighted by Gasteiger charge is -2.32. The van der Waals surface area contributed by atoms with Gasteiger partial charge in [0.15, 0.2) is 0 Å². The average Bonchev–Trinajstić information content (AvgIpc) is 2.37. The van der Waals surface area contributed by atoms with Crippen LogP contribution in [0.5, 0.6) is 0 Å². The van der Waals surface area contributed by atoms with Crippen LogP contribution in [0, 0.1) is 5.92 Å². The predicted octanol–water partition coefficient (Wildman–Crippen LogP) is 0.0984. The maximum Gasteiger partial charge on any atom is 0.239 e. The first-order valence-electron chi connectivity index (χ1n) is 6.36. The van der Waals surface area contributed by atoms with E-state index in [9.17, 15) is 9.59 Å². The summed E-state index contributed by atoms with van der Waals surface area (Å²) < 4.78 is 0. The van der Waals surface area contributed by atoms with E-state index in [2.05, 4.69) is 5.32 Å². The minimum atomic E-state index is -0.378. The van der Waals surface area contributed by atoms with Gasteiger partial charge in [-0.3, -0.25) is 9.59 Å². The molecule has 0 spiro atoms. The van der Waals surface area contributed by atoms with Crippen molar-refractivity contribution in [2.24, 2.45) is 11.7 Å². The molecule has 1 heterocycles. The molecule has 1 unspecified atom stereocenters. The van der Waals surface area contributed by atoms with Crippen LogP contribution in [0.15, 0.2) is 0 Å². The average molecular weight is 241 g/mol. The molecule has 5 heteroatoms. The Balaban J connectivity index is 2.41. The minimum absolute atomic E-state index is 0.0298. The van der Waals surface area contributed by atoms with Crippen LogP contribution in [0.2, 0.25) is 0 Å². The minimum Gasteiger partial charge on any atom is -0.359 e. The molecule has 1 aliphatic heterocycles. The number of hydrogen-bond acceptors (Lipinski definition) is 3. The van der Waals surface area contributed by atoms with Crippen LogP contribution < -0.4 is 11.1 Å². The number of carbonyl (C=O) groups is 2. The highest BCUT2D eigenvalue weighted by Crippen LogP contribution is 2.18. The van der Waals surface area contributed by atoms with Crippen molar-refractivity contribution in [1.29, 1.82) is 0 Å². The first-order valence-corrected chi connectivity index (χ1v) is 6.36. The highest BCUT2D eigenvalue weighted by molar-refractivity contribution is 5.82. The number of nitrogens with one attached hydrogen (secondary N) is 1. The third-order valence-electron chi connectivity index (χ3n) is 3.34. The Labute approximate surface area is 103 Å². The number of likely N-dealkylation sites (tertiary alicyclic amines) is 1. The Morgan fingerprint density at radius 3 is 2.47 bits per heavy atom. The van der Waals surface area contributed by atoms with Crippen LogP contribution in [0.25, 0.3) is 0 Å². The summed E-state index contributed by atoms with van der Waals surface area (Å²) in [5.41, 5.74) is 5.81. The Kier molecular flexibility index (Phi) is 5.41. The highest BCUT2D eigenvalue weighted by atomic mass is 16.2. The van der Waals surface area contributed by atoms with Gasteiger partial charge in [0, 0.05) is 26.1 Å². The summed E-state index contributed by atoms with van der Waals surface area (Å²) in [5, 5.41) is 2.65. The largest absolute Gasteiger partial charge is 0.359 e. The van der Waals surface area contributed by atoms with E-state index in [1.165, 1.54) is 0 Å². The summed E-state index contributed by atoms with van der Waals surface area (Å²) >= 11 is 0. The number of rotatable bonds is 4. The lowest BCUT2D eigenvalue weighted by molar-refractivity contribution is -0.136. The molecule has 0 aliphatic carbocycles. The SMILES string of the molecule is CCCC(N)C(=O)N1CCC(C(=O)NC)CC1. The Bertz CT molecular complexity index is 273. The van der Waals surface area contributed by atoms with Crippen molar-refractivity contribution in [3.63, 3.8) is 0 Å². The molecular weight excluding hydrogens is 218 g/mol. The number of carbonyl (C=O) groups excluding carboxylic acids is 2. The summed E-state index contributed by atoms with van der Waals surface area (Å²) in [6.07, 6.45) is 3.13. The van der Waals surface area contributed by atoms with E-state index in [0.29, 0.717) is 13.1 Å². The van der Waals surface area contributed by atoms with E-state index in [1.54, 1.807) is 11.9 Å². The zero-order valence-electron chi connectivity index (χ0n) is 10.7. The number of piperidine rings is 1. The Hall–Kier alpha value is -1.10. The first-order chi connectivity index (χ1) is 8.10. The van der Waals surface area contributed by atoms with E-state index < -0.39 is 0 Å². The summed E-state index contributed by atoms with van der Waals surface area (Å²) in [7, 11) is 1.65. The van der Waals surface area contributed by atoms with Crippen molar-refractivity contribution < 1.29 is 9.59 Å². The maximum absolute atomic E-state index is 11.9. The summed E-state index contributed by atoms with van der Waals surface area (Å²) in [5.74, 6) is 0.156. The zero-order valence-corrected chi connectivity index (χ0v) is 10.7. The lowest BCUT2D eigenvalue weighted by Crippen LogP contribution is -2.48. The molecule has 5 nitrogen and oxygen atoms in total. The number of nitrogens with zero attached hydrogens (tertiary/aromatic N) is 1. The van der Waals surface area contributed by atoms with Crippen LogP contribution in [-0.2, 0) is 9.59 Å². The van der Waals surface area contributed by atoms with Gasteiger partial charge in [-0.05, 0) is 19.3 Å². The topological polar surface area (TPSA) is 75.4 Å². The normalized spacial score (nSPS) is 18.9. The third-order valence-corrected chi connectivity index (χ3v) is 3.34. The second kappa shape index (κ2) is 6.59. The summed E-state index contributed by atoms with van der Waals surface area (Å²) in [4.78, 5) is 25.2. The summed E-state index contributed by atoms with van der Waals surface area (Å²) in [6, 6.07) is -0.378. The molecule has 0 aromatic rings. The van der Waals surface area contributed by atoms with Gasteiger partial charge in [-0.15, -0.1) is 0 Å². The molecule has 3 N–H and O–H groups in total. The predicted molar refractivity (Wildman–Crippen MR) is 66.3 cm³/mol. The van der Waals surface area contributed by atoms with Crippen molar-refractivity contribution in [1.82, 2.24) is 10.2 Å². The quantitative estimate of drug-likeness (QED) is 0.733. The van der Waals surface area contributed by atoms with Crippen LogP contribution in [0.3, 0.4) is 0 Å². The molecule has 1 atom stereocenters. The monoisotopic (exact) mass is 241 g/mol. The molecule has 1 fully saturated rings. The molecule has 98 valence electrons. The van der Waals surface area contributed by atoms with Crippen molar-refractivity contribution in [2.75, 3.05) is 20.1 Å². The van der Waals surface area contributed by atoms with Crippen LogP contribution in [0.1, 0.15) is 32.6 Å². The van der Waals surface area contributed by atoms with Gasteiger partial charge in [-0.2, -0.15) is 0 Å². The molecule has 0 aromatic heterocycles. The third kappa shape index (κ3) is 3.70. The van der Waals surface area contributed by atoms with Gasteiger partial charge in [0.2, 0.25) is 11.8 Å². The number of amides is 2. The van der Waals surface area contributed by atoms with E-state index in [4.69, 9.17) is 5.73 Å². The van der Waals surface area contributed by atoms with E-state index in [0.717, 1.165) is 25.7 Å². The van der Waals surface area contributed by atoms with Crippen LogP contribution in [-0.4, -0.2) is 42.9 Å². The van der Waals surface area contributed by atoms with Crippen molar-refractivity contribution in [3.05, 3.63) is 0 Å². The smallest absolute Gasteiger partial charge is 0.239 e. The van der Waals surface area contributed by atoms with Crippen LogP contribution in [0.4, 0.5) is 0 Å². The Morgan fingerprint density at radius 2 is 2.00 bits per heavy atom. The molecule has 0 aromatic carbocycles. The fraction of sp³-hybridized carbons (Fsp3) is 0.833. The second-order valence-corrected chi connectivity index (χ2v) is 4.61. The fourth-order valence-electron chi connectivity index (χ4n) is 2.24. The molecule has 1 aliphatic rings.